The molecule has 0 radical (unpaired) electrons. The molecule has 0 aliphatic carbocycles. The molecule has 3 nitrogen and oxygen atoms in total. The molecule has 1 atom stereocenters. The fourth-order valence-corrected chi connectivity index (χ4v) is 3.71. The van der Waals surface area contributed by atoms with E-state index in [1.165, 1.54) is 11.8 Å². The second-order valence-corrected chi connectivity index (χ2v) is 6.93. The highest BCUT2D eigenvalue weighted by molar-refractivity contribution is 8.04. The monoisotopic (exact) mass is 345 g/mol. The smallest absolute Gasteiger partial charge is 0.262 e. The van der Waals surface area contributed by atoms with Gasteiger partial charge >= 0.3 is 0 Å². The Morgan fingerprint density at radius 1 is 1.22 bits per heavy atom. The molecule has 118 valence electrons. The number of rotatable bonds is 4. The molecule has 1 aliphatic heterocycles. The summed E-state index contributed by atoms with van der Waals surface area (Å²) in [6, 6.07) is 14.9. The third-order valence-electron chi connectivity index (χ3n) is 3.65. The van der Waals surface area contributed by atoms with Gasteiger partial charge in [-0.25, -0.2) is 0 Å². The van der Waals surface area contributed by atoms with Gasteiger partial charge in [0.25, 0.3) is 5.91 Å². The number of amides is 1. The lowest BCUT2D eigenvalue weighted by molar-refractivity contribution is -0.116. The predicted octanol–water partition coefficient (Wildman–Crippen LogP) is 4.25. The Balaban J connectivity index is 1.81. The minimum Gasteiger partial charge on any atom is -0.509 e. The fraction of sp³-hybridized carbons (Fsp3) is 0.167. The molecule has 0 fully saturated rings. The molecule has 1 amide bonds. The van der Waals surface area contributed by atoms with Gasteiger partial charge in [0.2, 0.25) is 0 Å². The summed E-state index contributed by atoms with van der Waals surface area (Å²) in [5.74, 6) is -0.175. The van der Waals surface area contributed by atoms with Crippen molar-refractivity contribution in [3.05, 3.63) is 75.3 Å². The number of halogens is 1. The fourth-order valence-electron chi connectivity index (χ4n) is 2.53. The Morgan fingerprint density at radius 2 is 2.00 bits per heavy atom. The molecule has 2 aromatic carbocycles. The summed E-state index contributed by atoms with van der Waals surface area (Å²) in [7, 11) is 0. The van der Waals surface area contributed by atoms with E-state index in [2.05, 4.69) is 11.4 Å². The van der Waals surface area contributed by atoms with Crippen molar-refractivity contribution in [1.29, 1.82) is 0 Å². The quantitative estimate of drug-likeness (QED) is 0.870. The molecule has 1 heterocycles. The number of carbonyl (C=O) groups excluding carboxylic acids is 1. The van der Waals surface area contributed by atoms with Gasteiger partial charge in [-0.2, -0.15) is 0 Å². The van der Waals surface area contributed by atoms with Crippen molar-refractivity contribution in [2.24, 2.45) is 0 Å². The van der Waals surface area contributed by atoms with Gasteiger partial charge in [-0.3, -0.25) is 4.79 Å². The number of aliphatic hydroxyl groups is 1. The molecule has 0 spiro atoms. The van der Waals surface area contributed by atoms with Crippen LogP contribution in [0.3, 0.4) is 0 Å². The molecule has 0 saturated carbocycles. The number of benzene rings is 2. The van der Waals surface area contributed by atoms with E-state index in [9.17, 15) is 9.90 Å². The molecule has 0 bridgehead atoms. The van der Waals surface area contributed by atoms with Gasteiger partial charge in [0.05, 0.1) is 11.1 Å². The van der Waals surface area contributed by atoms with Crippen LogP contribution in [0.2, 0.25) is 5.02 Å². The lowest BCUT2D eigenvalue weighted by Gasteiger charge is -2.11. The molecular weight excluding hydrogens is 330 g/mol. The maximum absolute atomic E-state index is 12.2. The normalized spacial score (nSPS) is 17.5. The standard InChI is InChI=1S/C18H16ClNO2S/c1-11-5-4-6-12(9-11)10-14-16(21)17(18(22)20-14)23-15-8-3-2-7-13(15)19/h2-9,14,21H,10H2,1H3,(H,20,22). The van der Waals surface area contributed by atoms with Crippen LogP contribution in [0.25, 0.3) is 0 Å². The van der Waals surface area contributed by atoms with Crippen molar-refractivity contribution < 1.29 is 9.90 Å². The van der Waals surface area contributed by atoms with Crippen LogP contribution in [0.5, 0.6) is 0 Å². The number of carbonyl (C=O) groups is 1. The molecule has 0 saturated heterocycles. The van der Waals surface area contributed by atoms with Gasteiger partial charge in [-0.15, -0.1) is 0 Å². The van der Waals surface area contributed by atoms with Gasteiger partial charge in [0.1, 0.15) is 10.7 Å². The number of nitrogens with one attached hydrogen (secondary N) is 1. The average molecular weight is 346 g/mol. The topological polar surface area (TPSA) is 49.3 Å². The van der Waals surface area contributed by atoms with E-state index >= 15 is 0 Å². The third-order valence-corrected chi connectivity index (χ3v) is 5.26. The summed E-state index contributed by atoms with van der Waals surface area (Å²) >= 11 is 7.32. The van der Waals surface area contributed by atoms with Gasteiger partial charge in [-0.05, 0) is 31.0 Å². The highest BCUT2D eigenvalue weighted by Gasteiger charge is 2.32. The van der Waals surface area contributed by atoms with Crippen molar-refractivity contribution in [3.63, 3.8) is 0 Å². The summed E-state index contributed by atoms with van der Waals surface area (Å²) in [4.78, 5) is 13.2. The van der Waals surface area contributed by atoms with E-state index in [4.69, 9.17) is 11.6 Å². The summed E-state index contributed by atoms with van der Waals surface area (Å²) < 4.78 is 0. The van der Waals surface area contributed by atoms with E-state index in [0.29, 0.717) is 16.3 Å². The van der Waals surface area contributed by atoms with Crippen molar-refractivity contribution in [3.8, 4) is 0 Å². The molecule has 0 aromatic heterocycles. The molecule has 2 aromatic rings. The van der Waals surface area contributed by atoms with Crippen molar-refractivity contribution in [2.45, 2.75) is 24.3 Å². The van der Waals surface area contributed by atoms with Crippen LogP contribution in [-0.4, -0.2) is 17.1 Å². The van der Waals surface area contributed by atoms with Crippen LogP contribution in [0.1, 0.15) is 11.1 Å². The van der Waals surface area contributed by atoms with E-state index in [1.54, 1.807) is 6.07 Å². The van der Waals surface area contributed by atoms with Gasteiger partial charge in [0.15, 0.2) is 0 Å². The van der Waals surface area contributed by atoms with E-state index in [-0.39, 0.29) is 11.7 Å². The van der Waals surface area contributed by atoms with Gasteiger partial charge in [0, 0.05) is 4.90 Å². The minimum atomic E-state index is -0.394. The lowest BCUT2D eigenvalue weighted by Crippen LogP contribution is -2.30. The molecule has 1 unspecified atom stereocenters. The zero-order valence-corrected chi connectivity index (χ0v) is 14.1. The summed E-state index contributed by atoms with van der Waals surface area (Å²) in [6.07, 6.45) is 0.561. The molecule has 1 aliphatic rings. The average Bonchev–Trinajstić information content (AvgIpc) is 2.77. The third kappa shape index (κ3) is 3.54. The first-order chi connectivity index (χ1) is 11.0. The number of thioether (sulfide) groups is 1. The summed E-state index contributed by atoms with van der Waals surface area (Å²) in [5.41, 5.74) is 2.23. The maximum atomic E-state index is 12.2. The summed E-state index contributed by atoms with van der Waals surface area (Å²) in [6.45, 7) is 2.02. The number of hydrogen-bond donors (Lipinski definition) is 2. The van der Waals surface area contributed by atoms with Crippen LogP contribution in [0.15, 0.2) is 64.1 Å². The number of aliphatic hydroxyl groups excluding tert-OH is 1. The maximum Gasteiger partial charge on any atom is 0.262 e. The van der Waals surface area contributed by atoms with E-state index < -0.39 is 6.04 Å². The van der Waals surface area contributed by atoms with Crippen LogP contribution < -0.4 is 5.32 Å². The Morgan fingerprint density at radius 3 is 2.74 bits per heavy atom. The second kappa shape index (κ2) is 6.69. The van der Waals surface area contributed by atoms with E-state index in [1.807, 2.05) is 43.3 Å². The second-order valence-electron chi connectivity index (χ2n) is 5.47. The Hall–Kier alpha value is -1.91. The highest BCUT2D eigenvalue weighted by atomic mass is 35.5. The van der Waals surface area contributed by atoms with Crippen molar-refractivity contribution >= 4 is 29.3 Å². The highest BCUT2D eigenvalue weighted by Crippen LogP contribution is 2.36. The number of aryl methyl sites for hydroxylation is 1. The zero-order valence-electron chi connectivity index (χ0n) is 12.5. The molecule has 5 heteroatoms. The van der Waals surface area contributed by atoms with Crippen LogP contribution in [0.4, 0.5) is 0 Å². The largest absolute Gasteiger partial charge is 0.509 e. The Kier molecular flexibility index (Phi) is 4.64. The minimum absolute atomic E-state index is 0.0847. The predicted molar refractivity (Wildman–Crippen MR) is 93.8 cm³/mol. The molecular formula is C18H16ClNO2S. The molecule has 23 heavy (non-hydrogen) atoms. The van der Waals surface area contributed by atoms with Crippen LogP contribution >= 0.6 is 23.4 Å². The molecule has 3 rings (SSSR count). The first kappa shape index (κ1) is 16.0. The SMILES string of the molecule is Cc1cccc(CC2NC(=O)C(Sc3ccccc3Cl)=C2O)c1. The Bertz CT molecular complexity index is 788. The summed E-state index contributed by atoms with van der Waals surface area (Å²) in [5, 5.41) is 13.8. The van der Waals surface area contributed by atoms with Crippen molar-refractivity contribution in [1.82, 2.24) is 5.32 Å². The lowest BCUT2D eigenvalue weighted by atomic mass is 10.0. The Labute approximate surface area is 144 Å². The first-order valence-corrected chi connectivity index (χ1v) is 8.46. The number of hydrogen-bond acceptors (Lipinski definition) is 3. The first-order valence-electron chi connectivity index (χ1n) is 7.26. The van der Waals surface area contributed by atoms with Gasteiger partial charge in [-0.1, -0.05) is 65.3 Å². The molecule has 2 N–H and O–H groups in total. The van der Waals surface area contributed by atoms with Crippen LogP contribution in [0, 0.1) is 6.92 Å². The van der Waals surface area contributed by atoms with Crippen molar-refractivity contribution in [2.75, 3.05) is 0 Å². The van der Waals surface area contributed by atoms with Crippen LogP contribution in [-0.2, 0) is 11.2 Å². The van der Waals surface area contributed by atoms with Gasteiger partial charge < -0.3 is 10.4 Å². The van der Waals surface area contributed by atoms with E-state index in [0.717, 1.165) is 16.0 Å². The zero-order chi connectivity index (χ0) is 16.4.